The molecular weight excluding hydrogens is 244 g/mol. The molecule has 0 bridgehead atoms. The zero-order valence-electron chi connectivity index (χ0n) is 11.8. The van der Waals surface area contributed by atoms with Crippen molar-refractivity contribution in [1.29, 1.82) is 0 Å². The van der Waals surface area contributed by atoms with Crippen LogP contribution >= 0.6 is 0 Å². The standard InChI is InChI=1S/C13H22N4O2/c1-9(2)11-14-15-16-17(11)8-13(12(18)19)6-4-10(3)5-7-13/h9-10H,4-8H2,1-3H3,(H,18,19). The molecule has 1 fully saturated rings. The van der Waals surface area contributed by atoms with E-state index in [0.29, 0.717) is 25.3 Å². The number of carboxylic acid groups (broad SMARTS) is 1. The molecule has 1 N–H and O–H groups in total. The zero-order chi connectivity index (χ0) is 14.0. The minimum Gasteiger partial charge on any atom is -0.481 e. The lowest BCUT2D eigenvalue weighted by Gasteiger charge is -2.35. The molecule has 1 aliphatic carbocycles. The number of tetrazole rings is 1. The average molecular weight is 266 g/mol. The normalized spacial score (nSPS) is 27.7. The monoisotopic (exact) mass is 266 g/mol. The lowest BCUT2D eigenvalue weighted by molar-refractivity contribution is -0.153. The molecule has 0 unspecified atom stereocenters. The van der Waals surface area contributed by atoms with Crippen LogP contribution in [-0.2, 0) is 11.3 Å². The molecule has 0 amide bonds. The third kappa shape index (κ3) is 2.77. The highest BCUT2D eigenvalue weighted by atomic mass is 16.4. The summed E-state index contributed by atoms with van der Waals surface area (Å²) in [4.78, 5) is 11.7. The Balaban J connectivity index is 2.22. The quantitative estimate of drug-likeness (QED) is 0.902. The summed E-state index contributed by atoms with van der Waals surface area (Å²) in [7, 11) is 0. The van der Waals surface area contributed by atoms with Gasteiger partial charge in [-0.3, -0.25) is 4.79 Å². The van der Waals surface area contributed by atoms with Gasteiger partial charge in [0.1, 0.15) is 0 Å². The van der Waals surface area contributed by atoms with Crippen molar-refractivity contribution in [3.8, 4) is 0 Å². The number of nitrogens with zero attached hydrogens (tertiary/aromatic N) is 4. The zero-order valence-corrected chi connectivity index (χ0v) is 11.8. The van der Waals surface area contributed by atoms with Crippen LogP contribution in [0.5, 0.6) is 0 Å². The van der Waals surface area contributed by atoms with E-state index < -0.39 is 11.4 Å². The minimum atomic E-state index is -0.718. The molecule has 0 radical (unpaired) electrons. The molecule has 1 saturated carbocycles. The van der Waals surface area contributed by atoms with Crippen LogP contribution in [0.1, 0.15) is 58.2 Å². The Bertz CT molecular complexity index is 447. The highest BCUT2D eigenvalue weighted by molar-refractivity contribution is 5.74. The fraction of sp³-hybridized carbons (Fsp3) is 0.846. The number of rotatable bonds is 4. The molecule has 0 atom stereocenters. The van der Waals surface area contributed by atoms with Crippen molar-refractivity contribution in [2.24, 2.45) is 11.3 Å². The molecule has 1 heterocycles. The van der Waals surface area contributed by atoms with Crippen LogP contribution in [0.3, 0.4) is 0 Å². The van der Waals surface area contributed by atoms with Crippen molar-refractivity contribution < 1.29 is 9.90 Å². The molecular formula is C13H22N4O2. The molecule has 6 heteroatoms. The van der Waals surface area contributed by atoms with E-state index in [1.54, 1.807) is 4.68 Å². The molecule has 6 nitrogen and oxygen atoms in total. The Hall–Kier alpha value is -1.46. The summed E-state index contributed by atoms with van der Waals surface area (Å²) in [6.07, 6.45) is 3.35. The van der Waals surface area contributed by atoms with Gasteiger partial charge in [-0.1, -0.05) is 20.8 Å². The van der Waals surface area contributed by atoms with Crippen LogP contribution in [0, 0.1) is 11.3 Å². The van der Waals surface area contributed by atoms with E-state index in [2.05, 4.69) is 22.4 Å². The SMILES string of the molecule is CC1CCC(Cn2nnnc2C(C)C)(C(=O)O)CC1. The van der Waals surface area contributed by atoms with Crippen molar-refractivity contribution in [3.05, 3.63) is 5.82 Å². The van der Waals surface area contributed by atoms with E-state index in [0.717, 1.165) is 18.7 Å². The van der Waals surface area contributed by atoms with Gasteiger partial charge < -0.3 is 5.11 Å². The van der Waals surface area contributed by atoms with E-state index in [4.69, 9.17) is 0 Å². The van der Waals surface area contributed by atoms with Crippen LogP contribution in [0.25, 0.3) is 0 Å². The summed E-state index contributed by atoms with van der Waals surface area (Å²) in [6, 6.07) is 0. The van der Waals surface area contributed by atoms with Crippen molar-refractivity contribution in [3.63, 3.8) is 0 Å². The second-order valence-electron chi connectivity index (χ2n) is 6.12. The van der Waals surface area contributed by atoms with Crippen LogP contribution in [0.15, 0.2) is 0 Å². The molecule has 2 rings (SSSR count). The molecule has 0 spiro atoms. The van der Waals surface area contributed by atoms with Gasteiger partial charge in [-0.15, -0.1) is 5.10 Å². The van der Waals surface area contributed by atoms with Gasteiger partial charge in [0.25, 0.3) is 0 Å². The third-order valence-electron chi connectivity index (χ3n) is 4.21. The lowest BCUT2D eigenvalue weighted by Crippen LogP contribution is -2.39. The molecule has 1 aromatic rings. The summed E-state index contributed by atoms with van der Waals surface area (Å²) >= 11 is 0. The maximum atomic E-state index is 11.7. The van der Waals surface area contributed by atoms with Gasteiger partial charge in [0.05, 0.1) is 12.0 Å². The highest BCUT2D eigenvalue weighted by Gasteiger charge is 2.42. The second kappa shape index (κ2) is 5.27. The number of carbonyl (C=O) groups is 1. The molecule has 0 aliphatic heterocycles. The van der Waals surface area contributed by atoms with Crippen molar-refractivity contribution >= 4 is 5.97 Å². The van der Waals surface area contributed by atoms with Crippen LogP contribution in [0.2, 0.25) is 0 Å². The smallest absolute Gasteiger partial charge is 0.311 e. The topological polar surface area (TPSA) is 80.9 Å². The summed E-state index contributed by atoms with van der Waals surface area (Å²) in [6.45, 7) is 6.59. The largest absolute Gasteiger partial charge is 0.481 e. The first kappa shape index (κ1) is 14.0. The van der Waals surface area contributed by atoms with Gasteiger partial charge in [-0.05, 0) is 42.0 Å². The predicted molar refractivity (Wildman–Crippen MR) is 69.6 cm³/mol. The van der Waals surface area contributed by atoms with E-state index in [1.165, 1.54) is 0 Å². The molecule has 106 valence electrons. The van der Waals surface area contributed by atoms with Gasteiger partial charge in [0, 0.05) is 5.92 Å². The summed E-state index contributed by atoms with van der Waals surface area (Å²) < 4.78 is 1.68. The van der Waals surface area contributed by atoms with E-state index in [-0.39, 0.29) is 5.92 Å². The number of aliphatic carboxylic acids is 1. The van der Waals surface area contributed by atoms with Gasteiger partial charge in [-0.25, -0.2) is 4.68 Å². The fourth-order valence-corrected chi connectivity index (χ4v) is 2.78. The highest BCUT2D eigenvalue weighted by Crippen LogP contribution is 2.40. The number of aromatic nitrogens is 4. The lowest BCUT2D eigenvalue weighted by atomic mass is 9.71. The summed E-state index contributed by atoms with van der Waals surface area (Å²) in [5.41, 5.74) is -0.703. The van der Waals surface area contributed by atoms with E-state index in [1.807, 2.05) is 13.8 Å². The number of hydrogen-bond donors (Lipinski definition) is 1. The van der Waals surface area contributed by atoms with Crippen LogP contribution in [-0.4, -0.2) is 31.3 Å². The maximum absolute atomic E-state index is 11.7. The van der Waals surface area contributed by atoms with E-state index in [9.17, 15) is 9.90 Å². The predicted octanol–water partition coefficient (Wildman–Crippen LogP) is 2.08. The summed E-state index contributed by atoms with van der Waals surface area (Å²) in [5, 5.41) is 21.3. The molecule has 19 heavy (non-hydrogen) atoms. The van der Waals surface area contributed by atoms with E-state index >= 15 is 0 Å². The molecule has 1 aromatic heterocycles. The number of hydrogen-bond acceptors (Lipinski definition) is 4. The first-order valence-electron chi connectivity index (χ1n) is 6.94. The Morgan fingerprint density at radius 1 is 1.47 bits per heavy atom. The molecule has 0 aromatic carbocycles. The van der Waals surface area contributed by atoms with Gasteiger partial charge in [-0.2, -0.15) is 0 Å². The van der Waals surface area contributed by atoms with Gasteiger partial charge >= 0.3 is 5.97 Å². The first-order valence-corrected chi connectivity index (χ1v) is 6.94. The minimum absolute atomic E-state index is 0.198. The molecule has 0 saturated heterocycles. The van der Waals surface area contributed by atoms with Crippen LogP contribution in [0.4, 0.5) is 0 Å². The Kier molecular flexibility index (Phi) is 3.87. The number of carboxylic acids is 1. The maximum Gasteiger partial charge on any atom is 0.311 e. The van der Waals surface area contributed by atoms with Crippen molar-refractivity contribution in [2.75, 3.05) is 0 Å². The Morgan fingerprint density at radius 2 is 2.11 bits per heavy atom. The van der Waals surface area contributed by atoms with Crippen LogP contribution < -0.4 is 0 Å². The Morgan fingerprint density at radius 3 is 2.63 bits per heavy atom. The third-order valence-corrected chi connectivity index (χ3v) is 4.21. The van der Waals surface area contributed by atoms with Crippen molar-refractivity contribution in [2.45, 2.75) is 58.9 Å². The average Bonchev–Trinajstić information content (AvgIpc) is 2.80. The second-order valence-corrected chi connectivity index (χ2v) is 6.12. The Labute approximate surface area is 113 Å². The van der Waals surface area contributed by atoms with Gasteiger partial charge in [0.15, 0.2) is 5.82 Å². The van der Waals surface area contributed by atoms with Gasteiger partial charge in [0.2, 0.25) is 0 Å². The molecule has 1 aliphatic rings. The first-order chi connectivity index (χ1) is 8.94. The summed E-state index contributed by atoms with van der Waals surface area (Å²) in [5.74, 6) is 0.859. The van der Waals surface area contributed by atoms with Crippen molar-refractivity contribution in [1.82, 2.24) is 20.2 Å². The fourth-order valence-electron chi connectivity index (χ4n) is 2.78.